The molecule has 0 radical (unpaired) electrons. The van der Waals surface area contributed by atoms with Gasteiger partial charge in [-0.1, -0.05) is 75.2 Å². The SMILES string of the molecule is CC1=C(/C=C/C2=C(C)c3ccc(Cl)cc3C2(C)C)C[N+](C)(C)C/C1=C\C=C1\N(C)c2ccc(Cl)cc2C1(C)C. The Hall–Kier alpha value is -2.52. The lowest BCUT2D eigenvalue weighted by atomic mass is 9.80. The van der Waals surface area contributed by atoms with Gasteiger partial charge in [-0.3, -0.25) is 0 Å². The van der Waals surface area contributed by atoms with Gasteiger partial charge in [-0.15, -0.1) is 0 Å². The van der Waals surface area contributed by atoms with E-state index in [2.05, 4.69) is 116 Å². The summed E-state index contributed by atoms with van der Waals surface area (Å²) >= 11 is 12.8. The fraction of sp³-hybridized carbons (Fsp3) is 0.371. The normalized spacial score (nSPS) is 23.4. The van der Waals surface area contributed by atoms with Crippen molar-refractivity contribution in [3.63, 3.8) is 0 Å². The first kappa shape index (κ1) is 28.0. The number of quaternary nitrogens is 1. The summed E-state index contributed by atoms with van der Waals surface area (Å²) in [6.07, 6.45) is 9.41. The van der Waals surface area contributed by atoms with E-state index >= 15 is 0 Å². The van der Waals surface area contributed by atoms with Crippen molar-refractivity contribution < 1.29 is 4.48 Å². The van der Waals surface area contributed by atoms with E-state index in [4.69, 9.17) is 23.2 Å². The van der Waals surface area contributed by atoms with Crippen LogP contribution < -0.4 is 4.90 Å². The lowest BCUT2D eigenvalue weighted by molar-refractivity contribution is -0.881. The first-order valence-electron chi connectivity index (χ1n) is 13.8. The predicted octanol–water partition coefficient (Wildman–Crippen LogP) is 9.26. The van der Waals surface area contributed by atoms with E-state index in [1.165, 1.54) is 55.9 Å². The maximum atomic E-state index is 6.38. The standard InChI is InChI=1S/C35H41Cl2N2/c1-22-24(10-15-29-23(2)28-14-12-26(36)18-30(28)34(29,3)4)20-39(8,9)21-25(22)11-17-33-35(5,6)31-19-27(37)13-16-32(31)38(33)7/h10-19H,20-21H2,1-9H3/q+1/b15-10+,25-11+,33-17+. The van der Waals surface area contributed by atoms with Gasteiger partial charge in [0.15, 0.2) is 0 Å². The van der Waals surface area contributed by atoms with E-state index in [1.807, 2.05) is 12.1 Å². The number of hydrogen-bond donors (Lipinski definition) is 0. The van der Waals surface area contributed by atoms with Gasteiger partial charge in [0.25, 0.3) is 0 Å². The Balaban J connectivity index is 1.51. The topological polar surface area (TPSA) is 3.24 Å². The van der Waals surface area contributed by atoms with Crippen molar-refractivity contribution in [1.82, 2.24) is 0 Å². The molecule has 0 saturated carbocycles. The van der Waals surface area contributed by atoms with Crippen LogP contribution in [0.25, 0.3) is 5.57 Å². The largest absolute Gasteiger partial charge is 0.347 e. The molecule has 0 spiro atoms. The van der Waals surface area contributed by atoms with Gasteiger partial charge in [0.05, 0.1) is 14.1 Å². The molecule has 0 amide bonds. The highest BCUT2D eigenvalue weighted by Gasteiger charge is 2.39. The van der Waals surface area contributed by atoms with Crippen LogP contribution >= 0.6 is 23.2 Å². The highest BCUT2D eigenvalue weighted by Crippen LogP contribution is 2.49. The Kier molecular flexibility index (Phi) is 6.86. The van der Waals surface area contributed by atoms with Gasteiger partial charge >= 0.3 is 0 Å². The Morgan fingerprint density at radius 1 is 0.795 bits per heavy atom. The number of fused-ring (bicyclic) bond motifs is 2. The van der Waals surface area contributed by atoms with Gasteiger partial charge in [0.1, 0.15) is 13.1 Å². The zero-order chi connectivity index (χ0) is 28.5. The summed E-state index contributed by atoms with van der Waals surface area (Å²) in [7, 11) is 6.81. The molecule has 0 aromatic heterocycles. The Bertz CT molecular complexity index is 1530. The Labute approximate surface area is 245 Å². The number of benzene rings is 2. The van der Waals surface area contributed by atoms with E-state index in [0.717, 1.165) is 27.6 Å². The molecular weight excluding hydrogens is 519 g/mol. The van der Waals surface area contributed by atoms with Crippen molar-refractivity contribution in [1.29, 1.82) is 0 Å². The number of hydrogen-bond acceptors (Lipinski definition) is 1. The van der Waals surface area contributed by atoms with E-state index in [0.29, 0.717) is 0 Å². The minimum absolute atomic E-state index is 0.0754. The van der Waals surface area contributed by atoms with Crippen LogP contribution in [-0.4, -0.2) is 38.7 Å². The van der Waals surface area contributed by atoms with Crippen LogP contribution in [0.4, 0.5) is 5.69 Å². The first-order chi connectivity index (χ1) is 18.1. The van der Waals surface area contributed by atoms with E-state index in [9.17, 15) is 0 Å². The molecule has 0 saturated heterocycles. The molecule has 2 aromatic rings. The summed E-state index contributed by atoms with van der Waals surface area (Å²) < 4.78 is 0.929. The van der Waals surface area contributed by atoms with E-state index < -0.39 is 0 Å². The second-order valence-electron chi connectivity index (χ2n) is 13.2. The minimum atomic E-state index is -0.110. The van der Waals surface area contributed by atoms with Crippen LogP contribution in [0.1, 0.15) is 58.2 Å². The van der Waals surface area contributed by atoms with Gasteiger partial charge in [-0.05, 0) is 83.7 Å². The average molecular weight is 561 g/mol. The smallest absolute Gasteiger partial charge is 0.104 e. The predicted molar refractivity (Wildman–Crippen MR) is 170 cm³/mol. The van der Waals surface area contributed by atoms with Gasteiger partial charge in [0, 0.05) is 50.5 Å². The van der Waals surface area contributed by atoms with Gasteiger partial charge in [0.2, 0.25) is 0 Å². The van der Waals surface area contributed by atoms with Crippen LogP contribution in [0.15, 0.2) is 88.7 Å². The molecule has 3 aliphatic rings. The molecule has 2 nitrogen and oxygen atoms in total. The monoisotopic (exact) mass is 559 g/mol. The molecule has 0 bridgehead atoms. The van der Waals surface area contributed by atoms with E-state index in [-0.39, 0.29) is 10.8 Å². The maximum Gasteiger partial charge on any atom is 0.104 e. The van der Waals surface area contributed by atoms with Crippen LogP contribution in [0.5, 0.6) is 0 Å². The van der Waals surface area contributed by atoms with Crippen molar-refractivity contribution in [2.75, 3.05) is 39.1 Å². The number of halogens is 2. The summed E-state index contributed by atoms with van der Waals surface area (Å²) in [6.45, 7) is 15.7. The Morgan fingerprint density at radius 3 is 2.13 bits per heavy atom. The zero-order valence-corrected chi connectivity index (χ0v) is 26.3. The molecule has 39 heavy (non-hydrogen) atoms. The summed E-state index contributed by atoms with van der Waals surface area (Å²) in [5.41, 5.74) is 13.1. The summed E-state index contributed by atoms with van der Waals surface area (Å²) in [5, 5.41) is 1.59. The van der Waals surface area contributed by atoms with Crippen LogP contribution in [0.3, 0.4) is 0 Å². The highest BCUT2D eigenvalue weighted by atomic mass is 35.5. The number of rotatable bonds is 3. The van der Waals surface area contributed by atoms with Crippen molar-refractivity contribution in [2.45, 2.75) is 52.4 Å². The van der Waals surface area contributed by atoms with Crippen molar-refractivity contribution in [2.24, 2.45) is 0 Å². The molecular formula is C35H41Cl2N2+. The zero-order valence-electron chi connectivity index (χ0n) is 24.8. The molecule has 5 rings (SSSR count). The van der Waals surface area contributed by atoms with Crippen molar-refractivity contribution in [3.8, 4) is 0 Å². The third-order valence-corrected chi connectivity index (χ3v) is 9.66. The molecule has 2 heterocycles. The summed E-state index contributed by atoms with van der Waals surface area (Å²) in [5.74, 6) is 0. The summed E-state index contributed by atoms with van der Waals surface area (Å²) in [6, 6.07) is 12.5. The molecule has 0 unspecified atom stereocenters. The fourth-order valence-corrected chi connectivity index (χ4v) is 7.25. The number of allylic oxidation sites excluding steroid dienone is 6. The van der Waals surface area contributed by atoms with Crippen LogP contribution in [-0.2, 0) is 10.8 Å². The average Bonchev–Trinajstić information content (AvgIpc) is 3.15. The fourth-order valence-electron chi connectivity index (χ4n) is 6.90. The van der Waals surface area contributed by atoms with E-state index in [1.54, 1.807) is 0 Å². The molecule has 1 aliphatic carbocycles. The molecule has 4 heteroatoms. The number of anilines is 1. The van der Waals surface area contributed by atoms with Gasteiger partial charge < -0.3 is 9.38 Å². The van der Waals surface area contributed by atoms with Crippen LogP contribution in [0.2, 0.25) is 10.0 Å². The quantitative estimate of drug-likeness (QED) is 0.338. The number of likely N-dealkylation sites (N-methyl/N-ethyl adjacent to an activating group) is 2. The second kappa shape index (κ2) is 9.54. The molecule has 2 aromatic carbocycles. The van der Waals surface area contributed by atoms with Crippen molar-refractivity contribution >= 4 is 34.5 Å². The third-order valence-electron chi connectivity index (χ3n) is 9.18. The Morgan fingerprint density at radius 2 is 1.44 bits per heavy atom. The lowest BCUT2D eigenvalue weighted by Crippen LogP contribution is -2.45. The summed E-state index contributed by atoms with van der Waals surface area (Å²) in [4.78, 5) is 2.31. The molecule has 0 atom stereocenters. The lowest BCUT2D eigenvalue weighted by Gasteiger charge is -2.36. The third kappa shape index (κ3) is 4.75. The van der Waals surface area contributed by atoms with Gasteiger partial charge in [-0.25, -0.2) is 0 Å². The second-order valence-corrected chi connectivity index (χ2v) is 14.1. The number of nitrogens with zero attached hydrogens (tertiary/aromatic N) is 2. The first-order valence-corrected chi connectivity index (χ1v) is 14.6. The minimum Gasteiger partial charge on any atom is -0.347 e. The molecule has 2 aliphatic heterocycles. The highest BCUT2D eigenvalue weighted by molar-refractivity contribution is 6.31. The van der Waals surface area contributed by atoms with Crippen molar-refractivity contribution in [3.05, 3.63) is 115 Å². The molecule has 0 N–H and O–H groups in total. The maximum absolute atomic E-state index is 6.38. The van der Waals surface area contributed by atoms with Gasteiger partial charge in [-0.2, -0.15) is 0 Å². The molecule has 0 fully saturated rings. The van der Waals surface area contributed by atoms with Crippen LogP contribution in [0, 0.1) is 0 Å². The molecule has 204 valence electrons.